The van der Waals surface area contributed by atoms with Crippen LogP contribution < -0.4 is 0 Å². The molecule has 0 aliphatic heterocycles. The molecule has 3 nitrogen and oxygen atoms in total. The van der Waals surface area contributed by atoms with Gasteiger partial charge in [-0.15, -0.1) is 6.58 Å². The number of furan rings is 1. The molecule has 0 aliphatic rings. The second-order valence-corrected chi connectivity index (χ2v) is 7.05. The molecule has 0 aliphatic carbocycles. The fourth-order valence-corrected chi connectivity index (χ4v) is 3.65. The van der Waals surface area contributed by atoms with E-state index >= 15 is 0 Å². The number of rotatable bonds is 8. The third-order valence-corrected chi connectivity index (χ3v) is 5.10. The van der Waals surface area contributed by atoms with Gasteiger partial charge in [-0.1, -0.05) is 78.5 Å². The summed E-state index contributed by atoms with van der Waals surface area (Å²) >= 11 is 1.75. The smallest absolute Gasteiger partial charge is 0.160 e. The number of amidine groups is 1. The van der Waals surface area contributed by atoms with E-state index in [4.69, 9.17) is 9.41 Å². The summed E-state index contributed by atoms with van der Waals surface area (Å²) in [6.07, 6.45) is 3.55. The minimum atomic E-state index is 0.598. The summed E-state index contributed by atoms with van der Waals surface area (Å²) in [4.78, 5) is 7.05. The van der Waals surface area contributed by atoms with Crippen LogP contribution in [0.25, 0.3) is 0 Å². The van der Waals surface area contributed by atoms with Gasteiger partial charge < -0.3 is 9.32 Å². The van der Waals surface area contributed by atoms with Gasteiger partial charge in [0, 0.05) is 12.3 Å². The average Bonchev–Trinajstić information content (AvgIpc) is 3.22. The minimum Gasteiger partial charge on any atom is -0.467 e. The summed E-state index contributed by atoms with van der Waals surface area (Å²) in [7, 11) is 0. The molecule has 1 heterocycles. The summed E-state index contributed by atoms with van der Waals surface area (Å²) in [6.45, 7) is 5.87. The van der Waals surface area contributed by atoms with Crippen LogP contribution in [0, 0.1) is 0 Å². The molecule has 0 saturated heterocycles. The van der Waals surface area contributed by atoms with Gasteiger partial charge in [0.25, 0.3) is 0 Å². The Hall–Kier alpha value is -2.72. The first kappa shape index (κ1) is 19.1. The first-order valence-corrected chi connectivity index (χ1v) is 9.97. The van der Waals surface area contributed by atoms with E-state index in [9.17, 15) is 0 Å². The van der Waals surface area contributed by atoms with Crippen LogP contribution in [0.2, 0.25) is 0 Å². The van der Waals surface area contributed by atoms with Gasteiger partial charge in [0.1, 0.15) is 5.76 Å². The molecule has 0 spiro atoms. The molecule has 3 rings (SSSR count). The predicted octanol–water partition coefficient (Wildman–Crippen LogP) is 5.76. The number of nitrogens with zero attached hydrogens (tertiary/aromatic N) is 2. The lowest BCUT2D eigenvalue weighted by molar-refractivity contribution is 0.361. The van der Waals surface area contributed by atoms with E-state index in [-0.39, 0.29) is 0 Å². The number of aliphatic imine (C=N–C) groups is 1. The molecule has 0 radical (unpaired) electrons. The Bertz CT molecular complexity index is 829. The number of thioether (sulfide) groups is 1. The summed E-state index contributed by atoms with van der Waals surface area (Å²) in [5.41, 5.74) is 2.53. The van der Waals surface area contributed by atoms with Crippen LogP contribution in [-0.4, -0.2) is 16.6 Å². The first-order chi connectivity index (χ1) is 13.3. The fraction of sp³-hybridized carbons (Fsp3) is 0.174. The van der Waals surface area contributed by atoms with Crippen molar-refractivity contribution in [2.45, 2.75) is 18.8 Å². The van der Waals surface area contributed by atoms with E-state index in [1.807, 2.05) is 30.3 Å². The van der Waals surface area contributed by atoms with E-state index in [2.05, 4.69) is 60.0 Å². The molecule has 0 saturated carbocycles. The largest absolute Gasteiger partial charge is 0.467 e. The van der Waals surface area contributed by atoms with Crippen molar-refractivity contribution in [2.24, 2.45) is 4.99 Å². The van der Waals surface area contributed by atoms with Crippen LogP contribution in [0.4, 0.5) is 0 Å². The lowest BCUT2D eigenvalue weighted by atomic mass is 10.2. The van der Waals surface area contributed by atoms with Gasteiger partial charge in [0.15, 0.2) is 5.17 Å². The van der Waals surface area contributed by atoms with Crippen molar-refractivity contribution >= 4 is 16.9 Å². The van der Waals surface area contributed by atoms with Gasteiger partial charge in [-0.2, -0.15) is 0 Å². The van der Waals surface area contributed by atoms with Gasteiger partial charge in [-0.25, -0.2) is 0 Å². The van der Waals surface area contributed by atoms with Crippen molar-refractivity contribution in [3.63, 3.8) is 0 Å². The summed E-state index contributed by atoms with van der Waals surface area (Å²) < 4.78 is 5.59. The molecule has 2 aromatic carbocycles. The zero-order valence-corrected chi connectivity index (χ0v) is 16.1. The Kier molecular flexibility index (Phi) is 7.36. The number of benzene rings is 2. The standard InChI is InChI=1S/C23H24N2OS/c1-2-15-24-23(27-19-21-12-7-4-8-13-21)25(18-22-14-9-16-26-22)17-20-10-5-3-6-11-20/h2-14,16H,1,15,17-19H2. The van der Waals surface area contributed by atoms with Crippen molar-refractivity contribution < 1.29 is 4.42 Å². The van der Waals surface area contributed by atoms with Crippen molar-refractivity contribution in [2.75, 3.05) is 6.54 Å². The Labute approximate surface area is 165 Å². The van der Waals surface area contributed by atoms with Crippen LogP contribution >= 0.6 is 11.8 Å². The van der Waals surface area contributed by atoms with E-state index < -0.39 is 0 Å². The second kappa shape index (κ2) is 10.4. The maximum absolute atomic E-state index is 5.59. The number of hydrogen-bond donors (Lipinski definition) is 0. The normalized spacial score (nSPS) is 11.3. The Morgan fingerprint density at radius 3 is 2.26 bits per heavy atom. The van der Waals surface area contributed by atoms with Crippen molar-refractivity contribution in [1.29, 1.82) is 0 Å². The summed E-state index contributed by atoms with van der Waals surface area (Å²) in [6, 6.07) is 24.9. The van der Waals surface area contributed by atoms with E-state index in [0.717, 1.165) is 23.2 Å². The Balaban J connectivity index is 1.80. The highest BCUT2D eigenvalue weighted by molar-refractivity contribution is 8.13. The van der Waals surface area contributed by atoms with Crippen LogP contribution in [0.3, 0.4) is 0 Å². The lowest BCUT2D eigenvalue weighted by Crippen LogP contribution is -2.28. The Morgan fingerprint density at radius 1 is 0.926 bits per heavy atom. The first-order valence-electron chi connectivity index (χ1n) is 8.98. The van der Waals surface area contributed by atoms with Crippen LogP contribution in [0.1, 0.15) is 16.9 Å². The lowest BCUT2D eigenvalue weighted by Gasteiger charge is -2.25. The highest BCUT2D eigenvalue weighted by Crippen LogP contribution is 2.21. The van der Waals surface area contributed by atoms with Crippen LogP contribution in [0.5, 0.6) is 0 Å². The molecule has 4 heteroatoms. The predicted molar refractivity (Wildman–Crippen MR) is 115 cm³/mol. The molecular formula is C23H24N2OS. The van der Waals surface area contributed by atoms with E-state index in [1.165, 1.54) is 11.1 Å². The molecule has 0 amide bonds. The molecule has 0 unspecified atom stereocenters. The molecule has 27 heavy (non-hydrogen) atoms. The van der Waals surface area contributed by atoms with E-state index in [0.29, 0.717) is 13.1 Å². The molecule has 0 bridgehead atoms. The zero-order chi connectivity index (χ0) is 18.7. The second-order valence-electron chi connectivity index (χ2n) is 6.11. The van der Waals surface area contributed by atoms with Crippen molar-refractivity contribution in [3.8, 4) is 0 Å². The quantitative estimate of drug-likeness (QED) is 0.284. The molecule has 0 fully saturated rings. The SMILES string of the molecule is C=CCN=C(SCc1ccccc1)N(Cc1ccccc1)Cc1ccco1. The van der Waals surface area contributed by atoms with Gasteiger partial charge >= 0.3 is 0 Å². The maximum atomic E-state index is 5.59. The molecule has 0 atom stereocenters. The highest BCUT2D eigenvalue weighted by atomic mass is 32.2. The zero-order valence-electron chi connectivity index (χ0n) is 15.3. The summed E-state index contributed by atoms with van der Waals surface area (Å²) in [5, 5.41) is 0.999. The molecule has 3 aromatic rings. The van der Waals surface area contributed by atoms with Crippen molar-refractivity contribution in [1.82, 2.24) is 4.90 Å². The number of hydrogen-bond acceptors (Lipinski definition) is 3. The van der Waals surface area contributed by atoms with Crippen LogP contribution in [-0.2, 0) is 18.8 Å². The molecule has 1 aromatic heterocycles. The molecule has 138 valence electrons. The monoisotopic (exact) mass is 376 g/mol. The van der Waals surface area contributed by atoms with Gasteiger partial charge in [0.05, 0.1) is 19.4 Å². The maximum Gasteiger partial charge on any atom is 0.160 e. The van der Waals surface area contributed by atoms with Gasteiger partial charge in [0.2, 0.25) is 0 Å². The van der Waals surface area contributed by atoms with Gasteiger partial charge in [-0.3, -0.25) is 4.99 Å². The average molecular weight is 377 g/mol. The summed E-state index contributed by atoms with van der Waals surface area (Å²) in [5.74, 6) is 1.80. The topological polar surface area (TPSA) is 28.7 Å². The van der Waals surface area contributed by atoms with Gasteiger partial charge in [-0.05, 0) is 23.3 Å². The van der Waals surface area contributed by atoms with Crippen molar-refractivity contribution in [3.05, 3.63) is 109 Å². The third-order valence-electron chi connectivity index (χ3n) is 3.98. The Morgan fingerprint density at radius 2 is 1.63 bits per heavy atom. The fourth-order valence-electron chi connectivity index (χ4n) is 2.69. The third kappa shape index (κ3) is 6.19. The molecule has 0 N–H and O–H groups in total. The minimum absolute atomic E-state index is 0.598. The van der Waals surface area contributed by atoms with E-state index in [1.54, 1.807) is 18.0 Å². The molecular weight excluding hydrogens is 352 g/mol. The van der Waals surface area contributed by atoms with Crippen LogP contribution in [0.15, 0.2) is 101 Å². The highest BCUT2D eigenvalue weighted by Gasteiger charge is 2.15.